The number of ether oxygens (including phenoxy) is 1. The summed E-state index contributed by atoms with van der Waals surface area (Å²) in [5, 5.41) is 19.8. The standard InChI is InChI=1S/C10H13BrO3/c11-6-2-1-3-5-4(2)7(12)8(13)10(5)14-9(3)6/h2-10,12-13H,1H2/t2-,3+,4+,5+,6-,7+,8+,9+,10-/m1/s1. The molecule has 4 aliphatic rings. The first-order valence-electron chi connectivity index (χ1n) is 5.36. The molecule has 14 heavy (non-hydrogen) atoms. The van der Waals surface area contributed by atoms with E-state index in [1.165, 1.54) is 6.42 Å². The van der Waals surface area contributed by atoms with Gasteiger partial charge >= 0.3 is 0 Å². The molecule has 0 aromatic heterocycles. The Morgan fingerprint density at radius 3 is 2.57 bits per heavy atom. The highest BCUT2D eigenvalue weighted by molar-refractivity contribution is 9.09. The smallest absolute Gasteiger partial charge is 0.107 e. The number of alkyl halides is 1. The molecule has 1 heterocycles. The van der Waals surface area contributed by atoms with Crippen LogP contribution in [0.15, 0.2) is 0 Å². The molecule has 3 saturated carbocycles. The first-order valence-corrected chi connectivity index (χ1v) is 6.27. The van der Waals surface area contributed by atoms with Gasteiger partial charge < -0.3 is 14.9 Å². The van der Waals surface area contributed by atoms with Crippen molar-refractivity contribution in [1.29, 1.82) is 0 Å². The van der Waals surface area contributed by atoms with Crippen molar-refractivity contribution < 1.29 is 14.9 Å². The summed E-state index contributed by atoms with van der Waals surface area (Å²) in [6.07, 6.45) is 0.198. The molecule has 0 radical (unpaired) electrons. The average molecular weight is 261 g/mol. The summed E-state index contributed by atoms with van der Waals surface area (Å²) in [7, 11) is 0. The molecule has 1 saturated heterocycles. The van der Waals surface area contributed by atoms with Crippen LogP contribution < -0.4 is 0 Å². The van der Waals surface area contributed by atoms with Crippen LogP contribution in [0.25, 0.3) is 0 Å². The van der Waals surface area contributed by atoms with E-state index in [4.69, 9.17) is 4.74 Å². The Morgan fingerprint density at radius 2 is 1.79 bits per heavy atom. The molecular weight excluding hydrogens is 248 g/mol. The van der Waals surface area contributed by atoms with Crippen molar-refractivity contribution in [2.24, 2.45) is 23.7 Å². The van der Waals surface area contributed by atoms with Gasteiger partial charge in [0.25, 0.3) is 0 Å². The summed E-state index contributed by atoms with van der Waals surface area (Å²) in [5.41, 5.74) is 0. The fraction of sp³-hybridized carbons (Fsp3) is 1.00. The molecule has 0 spiro atoms. The van der Waals surface area contributed by atoms with E-state index in [-0.39, 0.29) is 12.0 Å². The predicted molar refractivity (Wildman–Crippen MR) is 52.0 cm³/mol. The third kappa shape index (κ3) is 0.682. The number of rotatable bonds is 0. The molecule has 0 aromatic carbocycles. The van der Waals surface area contributed by atoms with Crippen molar-refractivity contribution in [3.63, 3.8) is 0 Å². The van der Waals surface area contributed by atoms with Gasteiger partial charge in [-0.05, 0) is 30.1 Å². The Hall–Kier alpha value is 0.360. The molecule has 2 N–H and O–H groups in total. The van der Waals surface area contributed by atoms with Gasteiger partial charge in [-0.2, -0.15) is 0 Å². The quantitative estimate of drug-likeness (QED) is 0.610. The van der Waals surface area contributed by atoms with Crippen molar-refractivity contribution in [2.45, 2.75) is 35.7 Å². The maximum atomic E-state index is 9.95. The summed E-state index contributed by atoms with van der Waals surface area (Å²) in [4.78, 5) is 0.404. The van der Waals surface area contributed by atoms with Crippen LogP contribution in [-0.2, 0) is 4.74 Å². The van der Waals surface area contributed by atoms with Crippen molar-refractivity contribution in [3.8, 4) is 0 Å². The zero-order chi connectivity index (χ0) is 9.61. The highest BCUT2D eigenvalue weighted by Gasteiger charge is 2.71. The van der Waals surface area contributed by atoms with Crippen LogP contribution in [-0.4, -0.2) is 39.5 Å². The van der Waals surface area contributed by atoms with E-state index in [9.17, 15) is 10.2 Å². The van der Waals surface area contributed by atoms with Crippen LogP contribution in [0.2, 0.25) is 0 Å². The molecule has 0 aromatic rings. The maximum absolute atomic E-state index is 9.95. The van der Waals surface area contributed by atoms with Gasteiger partial charge in [0.2, 0.25) is 0 Å². The van der Waals surface area contributed by atoms with Gasteiger partial charge in [0, 0.05) is 4.83 Å². The Morgan fingerprint density at radius 1 is 1.00 bits per heavy atom. The second kappa shape index (κ2) is 2.37. The maximum Gasteiger partial charge on any atom is 0.107 e. The third-order valence-corrected chi connectivity index (χ3v) is 6.10. The molecule has 4 heteroatoms. The van der Waals surface area contributed by atoms with Crippen LogP contribution in [0.3, 0.4) is 0 Å². The molecule has 4 rings (SSSR count). The topological polar surface area (TPSA) is 49.7 Å². The van der Waals surface area contributed by atoms with Crippen LogP contribution in [0.5, 0.6) is 0 Å². The molecule has 4 fully saturated rings. The van der Waals surface area contributed by atoms with Crippen molar-refractivity contribution in [1.82, 2.24) is 0 Å². The minimum absolute atomic E-state index is 0.0856. The van der Waals surface area contributed by atoms with Crippen molar-refractivity contribution in [3.05, 3.63) is 0 Å². The average Bonchev–Trinajstić information content (AvgIpc) is 2.78. The number of aliphatic hydroxyl groups excluding tert-OH is 2. The normalized spacial score (nSPS) is 73.5. The van der Waals surface area contributed by atoms with E-state index in [0.29, 0.717) is 28.7 Å². The number of hydrogen-bond donors (Lipinski definition) is 2. The zero-order valence-corrected chi connectivity index (χ0v) is 9.17. The van der Waals surface area contributed by atoms with Gasteiger partial charge in [0.15, 0.2) is 0 Å². The van der Waals surface area contributed by atoms with Crippen LogP contribution in [0.1, 0.15) is 6.42 Å². The predicted octanol–water partition coefficient (Wildman–Crippen LogP) is 0.135. The van der Waals surface area contributed by atoms with Gasteiger partial charge in [-0.15, -0.1) is 0 Å². The minimum atomic E-state index is -0.639. The first-order chi connectivity index (χ1) is 6.70. The second-order valence-corrected chi connectivity index (χ2v) is 6.27. The zero-order valence-electron chi connectivity index (χ0n) is 7.58. The van der Waals surface area contributed by atoms with E-state index in [1.54, 1.807) is 0 Å². The van der Waals surface area contributed by atoms with Crippen LogP contribution in [0, 0.1) is 23.7 Å². The minimum Gasteiger partial charge on any atom is -0.390 e. The number of hydrogen-bond acceptors (Lipinski definition) is 3. The van der Waals surface area contributed by atoms with E-state index in [1.807, 2.05) is 0 Å². The van der Waals surface area contributed by atoms with E-state index in [0.717, 1.165) is 0 Å². The number of fused-ring (bicyclic) bond motifs is 2. The van der Waals surface area contributed by atoms with E-state index >= 15 is 0 Å². The lowest BCUT2D eigenvalue weighted by Crippen LogP contribution is -2.41. The molecule has 1 aliphatic heterocycles. The van der Waals surface area contributed by atoms with Crippen LogP contribution in [0.4, 0.5) is 0 Å². The van der Waals surface area contributed by atoms with Crippen molar-refractivity contribution >= 4 is 15.9 Å². The summed E-state index contributed by atoms with van der Waals surface area (Å²) in [6, 6.07) is 0. The lowest BCUT2D eigenvalue weighted by molar-refractivity contribution is -0.0785. The lowest BCUT2D eigenvalue weighted by atomic mass is 9.81. The largest absolute Gasteiger partial charge is 0.390 e. The van der Waals surface area contributed by atoms with Gasteiger partial charge in [-0.25, -0.2) is 0 Å². The van der Waals surface area contributed by atoms with E-state index in [2.05, 4.69) is 15.9 Å². The number of aliphatic hydroxyl groups is 2. The van der Waals surface area contributed by atoms with Crippen LogP contribution >= 0.6 is 15.9 Å². The van der Waals surface area contributed by atoms with E-state index < -0.39 is 12.2 Å². The lowest BCUT2D eigenvalue weighted by Gasteiger charge is -2.31. The Labute approximate surface area is 90.6 Å². The molecule has 9 atom stereocenters. The third-order valence-electron chi connectivity index (χ3n) is 4.90. The Balaban J connectivity index is 1.84. The summed E-state index contributed by atoms with van der Waals surface area (Å²) in [6.45, 7) is 0. The Kier molecular flexibility index (Phi) is 1.44. The first kappa shape index (κ1) is 8.50. The molecule has 3 aliphatic carbocycles. The molecule has 78 valence electrons. The summed E-state index contributed by atoms with van der Waals surface area (Å²) >= 11 is 3.68. The SMILES string of the molecule is O[C@@H]1[C@H](O)[C@@H]2O[C@@H]3[C@H](Br)[C@@H]4C[C@H]3[C@H]2[C@@H]14. The number of halogens is 1. The molecular formula is C10H13BrO3. The fourth-order valence-corrected chi connectivity index (χ4v) is 5.58. The fourth-order valence-electron chi connectivity index (χ4n) is 4.50. The molecule has 3 nitrogen and oxygen atoms in total. The highest BCUT2D eigenvalue weighted by Crippen LogP contribution is 2.66. The summed E-state index contributed by atoms with van der Waals surface area (Å²) in [5.74, 6) is 1.82. The van der Waals surface area contributed by atoms with Gasteiger partial charge in [0.05, 0.1) is 18.3 Å². The van der Waals surface area contributed by atoms with Gasteiger partial charge in [0.1, 0.15) is 6.10 Å². The summed E-state index contributed by atoms with van der Waals surface area (Å²) < 4.78 is 5.87. The monoisotopic (exact) mass is 260 g/mol. The van der Waals surface area contributed by atoms with Gasteiger partial charge in [-0.1, -0.05) is 15.9 Å². The highest BCUT2D eigenvalue weighted by atomic mass is 79.9. The molecule has 0 unspecified atom stereocenters. The van der Waals surface area contributed by atoms with Crippen molar-refractivity contribution in [2.75, 3.05) is 0 Å². The molecule has 0 amide bonds. The Bertz CT molecular complexity index is 295. The molecule has 2 bridgehead atoms. The second-order valence-electron chi connectivity index (χ2n) is 5.21. The van der Waals surface area contributed by atoms with Gasteiger partial charge in [-0.3, -0.25) is 0 Å².